The summed E-state index contributed by atoms with van der Waals surface area (Å²) < 4.78 is 12.4. The number of phenols is 1. The Morgan fingerprint density at radius 3 is 2.65 bits per heavy atom. The lowest BCUT2D eigenvalue weighted by atomic mass is 9.69. The normalized spacial score (nSPS) is 25.3. The molecule has 3 aliphatic rings. The molecular weight excluding hydrogens is 386 g/mol. The highest BCUT2D eigenvalue weighted by atomic mass is 16.5. The van der Waals surface area contributed by atoms with Crippen molar-refractivity contribution in [2.75, 3.05) is 12.4 Å². The molecule has 1 aliphatic carbocycles. The van der Waals surface area contributed by atoms with Crippen LogP contribution in [0.25, 0.3) is 16.7 Å². The van der Waals surface area contributed by atoms with Crippen LogP contribution in [0.15, 0.2) is 42.5 Å². The Balaban J connectivity index is 1.83. The summed E-state index contributed by atoms with van der Waals surface area (Å²) in [6.45, 7) is 8.87. The molecule has 0 fully saturated rings. The van der Waals surface area contributed by atoms with Gasteiger partial charge in [0, 0.05) is 22.2 Å². The van der Waals surface area contributed by atoms with E-state index in [-0.39, 0.29) is 22.8 Å². The SMILES string of the molecule is COc1c(O)ccc2c1-c1ccc3c(c1[C@H]([C@@]1(C)C=CCCC1)O2)C(C)=CC(C)(C)N3. The first-order chi connectivity index (χ1) is 14.7. The van der Waals surface area contributed by atoms with E-state index in [1.54, 1.807) is 13.2 Å². The Morgan fingerprint density at radius 2 is 1.94 bits per heavy atom. The molecule has 0 radical (unpaired) electrons. The number of phenolic OH excluding ortho intramolecular Hbond substituents is 1. The molecule has 2 aromatic rings. The molecule has 4 heteroatoms. The van der Waals surface area contributed by atoms with Crippen LogP contribution in [0, 0.1) is 5.41 Å². The van der Waals surface area contributed by atoms with E-state index < -0.39 is 0 Å². The van der Waals surface area contributed by atoms with E-state index in [0.29, 0.717) is 5.75 Å². The third kappa shape index (κ3) is 3.03. The highest BCUT2D eigenvalue weighted by molar-refractivity contribution is 5.92. The summed E-state index contributed by atoms with van der Waals surface area (Å²) in [5, 5.41) is 14.2. The number of rotatable bonds is 2. The predicted molar refractivity (Wildman–Crippen MR) is 126 cm³/mol. The van der Waals surface area contributed by atoms with Gasteiger partial charge >= 0.3 is 0 Å². The van der Waals surface area contributed by atoms with Crippen molar-refractivity contribution in [1.82, 2.24) is 0 Å². The molecule has 4 nitrogen and oxygen atoms in total. The van der Waals surface area contributed by atoms with E-state index in [0.717, 1.165) is 41.8 Å². The molecule has 162 valence electrons. The minimum absolute atomic E-state index is 0.112. The van der Waals surface area contributed by atoms with Gasteiger partial charge in [-0.25, -0.2) is 0 Å². The summed E-state index contributed by atoms with van der Waals surface area (Å²) in [6, 6.07) is 7.83. The second-order valence-corrected chi connectivity index (χ2v) is 9.91. The van der Waals surface area contributed by atoms with Crippen molar-refractivity contribution in [2.24, 2.45) is 5.41 Å². The van der Waals surface area contributed by atoms with Crippen molar-refractivity contribution in [3.8, 4) is 28.4 Å². The summed E-state index contributed by atoms with van der Waals surface area (Å²) in [7, 11) is 1.60. The van der Waals surface area contributed by atoms with Crippen LogP contribution in [0.5, 0.6) is 17.2 Å². The van der Waals surface area contributed by atoms with Crippen molar-refractivity contribution in [3.05, 3.63) is 53.6 Å². The second-order valence-electron chi connectivity index (χ2n) is 9.91. The second kappa shape index (κ2) is 6.81. The topological polar surface area (TPSA) is 50.7 Å². The Morgan fingerprint density at radius 1 is 1.13 bits per heavy atom. The Hall–Kier alpha value is -2.88. The smallest absolute Gasteiger partial charge is 0.172 e. The molecule has 2 aromatic carbocycles. The standard InChI is InChI=1S/C27H31NO3/c1-16-15-26(2,3)28-18-10-9-17-22-20(12-11-19(29)24(22)30-5)31-25(23(17)21(16)18)27(4)13-7-6-8-14-27/h7,9-13,15,25,28-29H,6,8,14H2,1-5H3/t25-,27+/m1/s1. The van der Waals surface area contributed by atoms with Gasteiger partial charge in [-0.15, -0.1) is 0 Å². The van der Waals surface area contributed by atoms with E-state index in [2.05, 4.69) is 63.4 Å². The number of aromatic hydroxyl groups is 1. The van der Waals surface area contributed by atoms with E-state index in [1.807, 2.05) is 6.07 Å². The summed E-state index contributed by atoms with van der Waals surface area (Å²) in [4.78, 5) is 0. The molecule has 2 N–H and O–H groups in total. The van der Waals surface area contributed by atoms with Crippen molar-refractivity contribution >= 4 is 11.3 Å². The fraction of sp³-hybridized carbons (Fsp3) is 0.407. The van der Waals surface area contributed by atoms with Gasteiger partial charge in [-0.1, -0.05) is 31.2 Å². The maximum Gasteiger partial charge on any atom is 0.172 e. The van der Waals surface area contributed by atoms with Crippen molar-refractivity contribution in [1.29, 1.82) is 0 Å². The third-order valence-corrected chi connectivity index (χ3v) is 6.94. The molecule has 0 bridgehead atoms. The van der Waals surface area contributed by atoms with Crippen LogP contribution in [0.2, 0.25) is 0 Å². The van der Waals surface area contributed by atoms with Gasteiger partial charge in [0.2, 0.25) is 0 Å². The van der Waals surface area contributed by atoms with Gasteiger partial charge in [-0.05, 0) is 69.4 Å². The molecule has 0 amide bonds. The zero-order chi connectivity index (χ0) is 22.0. The zero-order valence-corrected chi connectivity index (χ0v) is 19.0. The van der Waals surface area contributed by atoms with Crippen molar-refractivity contribution in [3.63, 3.8) is 0 Å². The highest BCUT2D eigenvalue weighted by Crippen LogP contribution is 2.58. The largest absolute Gasteiger partial charge is 0.504 e. The lowest BCUT2D eigenvalue weighted by Gasteiger charge is -2.44. The molecule has 0 saturated heterocycles. The number of nitrogens with one attached hydrogen (secondary N) is 1. The van der Waals surface area contributed by atoms with E-state index in [1.165, 1.54) is 16.7 Å². The van der Waals surface area contributed by atoms with Gasteiger partial charge in [0.25, 0.3) is 0 Å². The van der Waals surface area contributed by atoms with Crippen LogP contribution < -0.4 is 14.8 Å². The van der Waals surface area contributed by atoms with E-state index >= 15 is 0 Å². The van der Waals surface area contributed by atoms with Gasteiger partial charge in [-0.2, -0.15) is 0 Å². The average molecular weight is 418 g/mol. The number of methoxy groups -OCH3 is 1. The summed E-state index contributed by atoms with van der Waals surface area (Å²) >= 11 is 0. The number of ether oxygens (including phenoxy) is 2. The first kappa shape index (κ1) is 20.0. The predicted octanol–water partition coefficient (Wildman–Crippen LogP) is 6.86. The molecule has 2 heterocycles. The molecule has 0 spiro atoms. The van der Waals surface area contributed by atoms with Crippen LogP contribution in [0.1, 0.15) is 64.2 Å². The number of anilines is 1. The minimum atomic E-state index is -0.123. The van der Waals surface area contributed by atoms with Crippen LogP contribution >= 0.6 is 0 Å². The summed E-state index contributed by atoms with van der Waals surface area (Å²) in [5.41, 5.74) is 6.44. The van der Waals surface area contributed by atoms with Crippen LogP contribution in [-0.4, -0.2) is 17.8 Å². The van der Waals surface area contributed by atoms with Gasteiger partial charge < -0.3 is 19.9 Å². The summed E-state index contributed by atoms with van der Waals surface area (Å²) in [5.74, 6) is 1.35. The molecule has 5 rings (SSSR count). The first-order valence-electron chi connectivity index (χ1n) is 11.1. The van der Waals surface area contributed by atoms with Crippen LogP contribution in [0.4, 0.5) is 5.69 Å². The van der Waals surface area contributed by atoms with Gasteiger partial charge in [0.1, 0.15) is 11.9 Å². The van der Waals surface area contributed by atoms with Crippen molar-refractivity contribution in [2.45, 2.75) is 58.6 Å². The number of hydrogen-bond donors (Lipinski definition) is 2. The lowest BCUT2D eigenvalue weighted by Crippen LogP contribution is -2.35. The van der Waals surface area contributed by atoms with Gasteiger partial charge in [0.05, 0.1) is 18.2 Å². The molecule has 0 unspecified atom stereocenters. The maximum absolute atomic E-state index is 10.5. The monoisotopic (exact) mass is 417 g/mol. The van der Waals surface area contributed by atoms with Crippen LogP contribution in [-0.2, 0) is 0 Å². The average Bonchev–Trinajstić information content (AvgIpc) is 2.72. The van der Waals surface area contributed by atoms with E-state index in [9.17, 15) is 5.11 Å². The number of hydrogen-bond acceptors (Lipinski definition) is 4. The maximum atomic E-state index is 10.5. The third-order valence-electron chi connectivity index (χ3n) is 6.94. The fourth-order valence-corrected chi connectivity index (χ4v) is 5.65. The molecule has 31 heavy (non-hydrogen) atoms. The Labute approximate surface area is 184 Å². The Bertz CT molecular complexity index is 1130. The lowest BCUT2D eigenvalue weighted by molar-refractivity contribution is 0.0798. The summed E-state index contributed by atoms with van der Waals surface area (Å²) in [6.07, 6.45) is 10.1. The number of allylic oxidation sites excluding steroid dienone is 2. The Kier molecular flexibility index (Phi) is 4.40. The zero-order valence-electron chi connectivity index (χ0n) is 19.0. The molecule has 0 saturated carbocycles. The van der Waals surface area contributed by atoms with E-state index in [4.69, 9.17) is 9.47 Å². The molecule has 2 aliphatic heterocycles. The molecule has 2 atom stereocenters. The van der Waals surface area contributed by atoms with Gasteiger partial charge in [-0.3, -0.25) is 0 Å². The van der Waals surface area contributed by atoms with Crippen LogP contribution in [0.3, 0.4) is 0 Å². The number of benzene rings is 2. The van der Waals surface area contributed by atoms with Gasteiger partial charge in [0.15, 0.2) is 11.5 Å². The molecular formula is C27H31NO3. The number of fused-ring (bicyclic) bond motifs is 5. The van der Waals surface area contributed by atoms with Crippen molar-refractivity contribution < 1.29 is 14.6 Å². The molecule has 0 aromatic heterocycles. The fourth-order valence-electron chi connectivity index (χ4n) is 5.65. The first-order valence-corrected chi connectivity index (χ1v) is 11.1. The minimum Gasteiger partial charge on any atom is -0.504 e. The quantitative estimate of drug-likeness (QED) is 0.524. The highest BCUT2D eigenvalue weighted by Gasteiger charge is 2.44.